The van der Waals surface area contributed by atoms with Crippen molar-refractivity contribution in [3.8, 4) is 11.8 Å². The highest BCUT2D eigenvalue weighted by Gasteiger charge is 2.19. The van der Waals surface area contributed by atoms with Crippen LogP contribution in [0.1, 0.15) is 25.1 Å². The number of pyridine rings is 1. The molecule has 0 atom stereocenters. The highest BCUT2D eigenvalue weighted by Crippen LogP contribution is 2.38. The third-order valence-corrected chi connectivity index (χ3v) is 7.67. The lowest BCUT2D eigenvalue weighted by Gasteiger charge is -2.33. The molecule has 1 saturated heterocycles. The van der Waals surface area contributed by atoms with Gasteiger partial charge < -0.3 is 25.0 Å². The fourth-order valence-corrected chi connectivity index (χ4v) is 5.40. The summed E-state index contributed by atoms with van der Waals surface area (Å²) in [6, 6.07) is 11.9. The number of piperazine rings is 1. The van der Waals surface area contributed by atoms with Crippen molar-refractivity contribution in [1.29, 1.82) is 5.26 Å². The maximum Gasteiger partial charge on any atom is 0.248 e. The number of β-amino-alcohol motifs (C(OH)–C–C–N with tert-alkyl or cyclic N) is 1. The van der Waals surface area contributed by atoms with Crippen molar-refractivity contribution < 1.29 is 14.6 Å². The van der Waals surface area contributed by atoms with Crippen LogP contribution in [0.5, 0.6) is 5.75 Å². The number of aryl methyl sites for hydroxylation is 2. The summed E-state index contributed by atoms with van der Waals surface area (Å²) in [6.45, 7) is 9.40. The second kappa shape index (κ2) is 13.6. The number of hydrogen-bond donors (Lipinski definition) is 3. The van der Waals surface area contributed by atoms with Crippen molar-refractivity contribution >= 4 is 44.9 Å². The van der Waals surface area contributed by atoms with Gasteiger partial charge in [-0.2, -0.15) is 5.26 Å². The minimum absolute atomic E-state index is 0.171. The van der Waals surface area contributed by atoms with Crippen LogP contribution in [0.25, 0.3) is 21.9 Å². The number of fused-ring (bicyclic) bond motifs is 2. The molecule has 1 fully saturated rings. The Morgan fingerprint density at radius 3 is 2.65 bits per heavy atom. The van der Waals surface area contributed by atoms with Crippen molar-refractivity contribution in [2.45, 2.75) is 20.3 Å². The van der Waals surface area contributed by atoms with Gasteiger partial charge in [-0.15, -0.1) is 0 Å². The summed E-state index contributed by atoms with van der Waals surface area (Å²) in [5, 5.41) is 26.4. The van der Waals surface area contributed by atoms with Crippen LogP contribution in [0.15, 0.2) is 48.8 Å². The molecule has 1 aliphatic rings. The number of anilines is 3. The van der Waals surface area contributed by atoms with E-state index < -0.39 is 0 Å². The fourth-order valence-electron chi connectivity index (χ4n) is 5.40. The number of carbonyl (C=O) groups excluding carboxylic acids is 1. The molecule has 3 N–H and O–H groups in total. The molecule has 0 saturated carbocycles. The zero-order valence-electron chi connectivity index (χ0n) is 24.9. The van der Waals surface area contributed by atoms with E-state index in [4.69, 9.17) is 14.8 Å². The van der Waals surface area contributed by atoms with Crippen LogP contribution in [-0.4, -0.2) is 87.8 Å². The number of aliphatic hydroxyl groups is 1. The average Bonchev–Trinajstić information content (AvgIpc) is 3.38. The molecule has 0 spiro atoms. The second-order valence-electron chi connectivity index (χ2n) is 10.5. The van der Waals surface area contributed by atoms with Gasteiger partial charge in [0.25, 0.3) is 0 Å². The number of benzene rings is 2. The Kier molecular flexibility index (Phi) is 9.51. The number of aromatic nitrogens is 3. The largest absolute Gasteiger partial charge is 0.492 e. The normalized spacial score (nSPS) is 14.4. The Labute approximate surface area is 251 Å². The molecule has 1 amide bonds. The van der Waals surface area contributed by atoms with Crippen LogP contribution in [0, 0.1) is 11.3 Å². The first kappa shape index (κ1) is 30.0. The minimum atomic E-state index is -0.270. The number of nitriles is 1. The molecular formula is C32H38N8O3. The van der Waals surface area contributed by atoms with E-state index in [9.17, 15) is 10.1 Å². The quantitative estimate of drug-likeness (QED) is 0.226. The van der Waals surface area contributed by atoms with Crippen LogP contribution in [-0.2, 0) is 18.3 Å². The van der Waals surface area contributed by atoms with E-state index in [0.29, 0.717) is 65.4 Å². The predicted octanol–water partition coefficient (Wildman–Crippen LogP) is 3.80. The summed E-state index contributed by atoms with van der Waals surface area (Å²) in [6.07, 6.45) is 5.75. The van der Waals surface area contributed by atoms with Crippen molar-refractivity contribution in [3.05, 3.63) is 60.1 Å². The molecule has 0 aliphatic carbocycles. The molecule has 0 bridgehead atoms. The fraction of sp³-hybridized carbons (Fsp3) is 0.375. The van der Waals surface area contributed by atoms with Gasteiger partial charge in [0.05, 0.1) is 58.7 Å². The molecule has 0 unspecified atom stereocenters. The zero-order valence-corrected chi connectivity index (χ0v) is 24.9. The highest BCUT2D eigenvalue weighted by atomic mass is 16.5. The van der Waals surface area contributed by atoms with E-state index in [0.717, 1.165) is 42.9 Å². The van der Waals surface area contributed by atoms with Crippen LogP contribution >= 0.6 is 0 Å². The summed E-state index contributed by atoms with van der Waals surface area (Å²) in [4.78, 5) is 26.8. The van der Waals surface area contributed by atoms with Gasteiger partial charge in [-0.1, -0.05) is 13.0 Å². The lowest BCUT2D eigenvalue weighted by molar-refractivity contribution is -0.111. The highest BCUT2D eigenvalue weighted by molar-refractivity contribution is 6.05. The molecular weight excluding hydrogens is 544 g/mol. The molecule has 1 aliphatic heterocycles. The molecule has 11 heteroatoms. The lowest BCUT2D eigenvalue weighted by atomic mass is 10.0. The van der Waals surface area contributed by atoms with Gasteiger partial charge in [-0.05, 0) is 37.6 Å². The van der Waals surface area contributed by atoms with Gasteiger partial charge in [0.15, 0.2) is 0 Å². The average molecular weight is 583 g/mol. The monoisotopic (exact) mass is 582 g/mol. The van der Waals surface area contributed by atoms with E-state index in [1.165, 1.54) is 0 Å². The lowest BCUT2D eigenvalue weighted by Crippen LogP contribution is -2.47. The zero-order chi connectivity index (χ0) is 30.3. The molecule has 43 heavy (non-hydrogen) atoms. The smallest absolute Gasteiger partial charge is 0.248 e. The number of hydrogen-bond acceptors (Lipinski definition) is 9. The van der Waals surface area contributed by atoms with Gasteiger partial charge in [-0.25, -0.2) is 4.98 Å². The van der Waals surface area contributed by atoms with Gasteiger partial charge in [0.1, 0.15) is 11.8 Å². The summed E-state index contributed by atoms with van der Waals surface area (Å²) in [5.74, 6) is 0.241. The van der Waals surface area contributed by atoms with E-state index in [-0.39, 0.29) is 12.5 Å². The summed E-state index contributed by atoms with van der Waals surface area (Å²) in [5.41, 5.74) is 5.54. The number of ether oxygens (including phenoxy) is 1. The third kappa shape index (κ3) is 6.78. The number of nitrogens with zero attached hydrogens (tertiary/aromatic N) is 6. The first-order valence-electron chi connectivity index (χ1n) is 14.7. The van der Waals surface area contributed by atoms with E-state index in [2.05, 4.69) is 31.5 Å². The number of nitrogens with one attached hydrogen (secondary N) is 2. The van der Waals surface area contributed by atoms with E-state index in [1.54, 1.807) is 12.4 Å². The molecule has 224 valence electrons. The third-order valence-electron chi connectivity index (χ3n) is 7.67. The Balaban J connectivity index is 1.43. The molecule has 3 heterocycles. The summed E-state index contributed by atoms with van der Waals surface area (Å²) in [7, 11) is 1.95. The van der Waals surface area contributed by atoms with Gasteiger partial charge in [-0.3, -0.25) is 19.6 Å². The molecule has 2 aromatic heterocycles. The first-order valence-corrected chi connectivity index (χ1v) is 14.7. The SMILES string of the molecule is CCOc1cc2nc(CC)c(C#N)c(Nc3ccc4c(c3)ncn4C)c2cc1NC(=O)/C=C/CN1CCN(CCO)CC1. The Hall–Kier alpha value is -4.50. The molecule has 11 nitrogen and oxygen atoms in total. The Bertz CT molecular complexity index is 1680. The van der Waals surface area contributed by atoms with Crippen LogP contribution < -0.4 is 15.4 Å². The van der Waals surface area contributed by atoms with E-state index >= 15 is 0 Å². The Morgan fingerprint density at radius 2 is 1.93 bits per heavy atom. The Morgan fingerprint density at radius 1 is 1.14 bits per heavy atom. The number of rotatable bonds is 11. The first-order chi connectivity index (χ1) is 20.9. The molecule has 4 aromatic rings. The summed E-state index contributed by atoms with van der Waals surface area (Å²) >= 11 is 0. The maximum absolute atomic E-state index is 13.0. The topological polar surface area (TPSA) is 132 Å². The number of aliphatic hydroxyl groups excluding tert-OH is 1. The minimum Gasteiger partial charge on any atom is -0.492 e. The second-order valence-corrected chi connectivity index (χ2v) is 10.5. The van der Waals surface area contributed by atoms with Crippen molar-refractivity contribution in [2.24, 2.45) is 7.05 Å². The van der Waals surface area contributed by atoms with Gasteiger partial charge >= 0.3 is 0 Å². The number of amides is 1. The van der Waals surface area contributed by atoms with Crippen LogP contribution in [0.2, 0.25) is 0 Å². The van der Waals surface area contributed by atoms with Crippen molar-refractivity contribution in [1.82, 2.24) is 24.3 Å². The van der Waals surface area contributed by atoms with Gasteiger partial charge in [0.2, 0.25) is 5.91 Å². The van der Waals surface area contributed by atoms with Crippen molar-refractivity contribution in [3.63, 3.8) is 0 Å². The van der Waals surface area contributed by atoms with Crippen LogP contribution in [0.3, 0.4) is 0 Å². The number of imidazole rings is 1. The van der Waals surface area contributed by atoms with Crippen molar-refractivity contribution in [2.75, 3.05) is 63.1 Å². The maximum atomic E-state index is 13.0. The van der Waals surface area contributed by atoms with Gasteiger partial charge in [0, 0.05) is 69.5 Å². The molecule has 2 aromatic carbocycles. The number of carbonyl (C=O) groups is 1. The standard InChI is InChI=1S/C32H38N8O3/c1-4-25-24(20-33)32(35-22-8-9-29-27(17-22)34-21-38(29)3)23-18-28(30(43-5-2)19-26(23)36-25)37-31(42)7-6-10-39-11-13-40(14-12-39)15-16-41/h6-9,17-19,21,41H,4-5,10-16H2,1-3H3,(H,35,36)(H,37,42)/b7-6+. The van der Waals surface area contributed by atoms with E-state index in [1.807, 2.05) is 61.9 Å². The predicted molar refractivity (Wildman–Crippen MR) is 169 cm³/mol. The molecule has 0 radical (unpaired) electrons. The molecule has 5 rings (SSSR count). The van der Waals surface area contributed by atoms with Crippen LogP contribution in [0.4, 0.5) is 17.1 Å². The summed E-state index contributed by atoms with van der Waals surface area (Å²) < 4.78 is 7.86.